The summed E-state index contributed by atoms with van der Waals surface area (Å²) in [6.07, 6.45) is -2.03. The molecular formula is C28H25F2N3O4. The number of hydrogen-bond donors (Lipinski definition) is 3. The third-order valence-electron chi connectivity index (χ3n) is 6.38. The predicted molar refractivity (Wildman–Crippen MR) is 136 cm³/mol. The van der Waals surface area contributed by atoms with Crippen LogP contribution in [0.5, 0.6) is 0 Å². The Hall–Kier alpha value is -4.08. The number of aryl methyl sites for hydroxylation is 1. The number of benzene rings is 3. The van der Waals surface area contributed by atoms with Gasteiger partial charge in [-0.2, -0.15) is 5.10 Å². The second-order valence-corrected chi connectivity index (χ2v) is 8.71. The van der Waals surface area contributed by atoms with E-state index in [2.05, 4.69) is 10.2 Å². The van der Waals surface area contributed by atoms with Crippen LogP contribution in [-0.4, -0.2) is 44.7 Å². The molecule has 5 rings (SSSR count). The van der Waals surface area contributed by atoms with E-state index in [1.807, 2.05) is 0 Å². The van der Waals surface area contributed by atoms with Gasteiger partial charge in [0, 0.05) is 36.0 Å². The van der Waals surface area contributed by atoms with E-state index in [1.54, 1.807) is 0 Å². The SMILES string of the molecule is [2H]C([2H])([2H])C([2H])([2H])C(O)(COC)c1c(-c2ccc(C(=O)O)cc2)c2c(F)c3[nH]ncc3cc2n1-c1ccc(F)c(C)c1. The molecule has 1 unspecified atom stereocenters. The van der Waals surface area contributed by atoms with Gasteiger partial charge >= 0.3 is 5.97 Å². The molecule has 1 atom stereocenters. The van der Waals surface area contributed by atoms with E-state index in [0.717, 1.165) is 13.2 Å². The van der Waals surface area contributed by atoms with Crippen molar-refractivity contribution in [2.24, 2.45) is 0 Å². The van der Waals surface area contributed by atoms with Crippen LogP contribution >= 0.6 is 0 Å². The Balaban J connectivity index is 2.07. The monoisotopic (exact) mass is 510 g/mol. The van der Waals surface area contributed by atoms with Crippen LogP contribution in [0, 0.1) is 18.6 Å². The van der Waals surface area contributed by atoms with Gasteiger partial charge in [-0.25, -0.2) is 13.6 Å². The molecule has 37 heavy (non-hydrogen) atoms. The van der Waals surface area contributed by atoms with Crippen molar-refractivity contribution in [3.05, 3.63) is 83.2 Å². The van der Waals surface area contributed by atoms with Crippen molar-refractivity contribution in [2.75, 3.05) is 13.7 Å². The first kappa shape index (κ1) is 19.1. The molecule has 5 aromatic rings. The van der Waals surface area contributed by atoms with Crippen LogP contribution in [0.4, 0.5) is 8.78 Å². The number of H-pyrrole nitrogens is 1. The van der Waals surface area contributed by atoms with Crippen molar-refractivity contribution < 1.29 is 35.4 Å². The van der Waals surface area contributed by atoms with Crippen LogP contribution in [0.3, 0.4) is 0 Å². The normalized spacial score (nSPS) is 16.1. The topological polar surface area (TPSA) is 100 Å². The van der Waals surface area contributed by atoms with Crippen LogP contribution in [0.1, 0.15) is 41.7 Å². The van der Waals surface area contributed by atoms with Gasteiger partial charge in [0.2, 0.25) is 0 Å². The number of hydrogen-bond acceptors (Lipinski definition) is 4. The maximum Gasteiger partial charge on any atom is 0.335 e. The fourth-order valence-electron chi connectivity index (χ4n) is 4.66. The number of nitrogens with zero attached hydrogens (tertiary/aromatic N) is 2. The van der Waals surface area contributed by atoms with Crippen LogP contribution < -0.4 is 0 Å². The quantitative estimate of drug-likeness (QED) is 0.261. The largest absolute Gasteiger partial charge is 0.478 e. The number of carbonyl (C=O) groups is 1. The first-order valence-electron chi connectivity index (χ1n) is 13.7. The van der Waals surface area contributed by atoms with Crippen LogP contribution in [0.15, 0.2) is 54.7 Å². The summed E-state index contributed by atoms with van der Waals surface area (Å²) in [6.45, 7) is -2.80. The number of carboxylic acid groups (broad SMARTS) is 1. The fourth-order valence-corrected chi connectivity index (χ4v) is 4.66. The summed E-state index contributed by atoms with van der Waals surface area (Å²) in [5, 5.41) is 28.4. The summed E-state index contributed by atoms with van der Waals surface area (Å²) in [5.41, 5.74) is -3.03. The molecule has 190 valence electrons. The van der Waals surface area contributed by atoms with Crippen molar-refractivity contribution in [3.8, 4) is 16.8 Å². The van der Waals surface area contributed by atoms with Gasteiger partial charge in [-0.15, -0.1) is 0 Å². The smallest absolute Gasteiger partial charge is 0.335 e. The third kappa shape index (κ3) is 3.87. The number of fused-ring (bicyclic) bond motifs is 2. The first-order chi connectivity index (χ1) is 19.6. The average molecular weight is 511 g/mol. The van der Waals surface area contributed by atoms with E-state index in [4.69, 9.17) is 11.6 Å². The van der Waals surface area contributed by atoms with Gasteiger partial charge in [0.05, 0.1) is 29.6 Å². The number of aromatic nitrogens is 3. The zero-order valence-corrected chi connectivity index (χ0v) is 19.8. The summed E-state index contributed by atoms with van der Waals surface area (Å²) in [5.74, 6) is -2.63. The van der Waals surface area contributed by atoms with E-state index < -0.39 is 48.7 Å². The number of nitrogens with one attached hydrogen (secondary N) is 1. The van der Waals surface area contributed by atoms with Crippen molar-refractivity contribution >= 4 is 27.8 Å². The van der Waals surface area contributed by atoms with Gasteiger partial charge in [-0.05, 0) is 60.8 Å². The summed E-state index contributed by atoms with van der Waals surface area (Å²) in [4.78, 5) is 11.6. The molecular weight excluding hydrogens is 480 g/mol. The molecule has 0 bridgehead atoms. The number of ether oxygens (including phenoxy) is 1. The number of carboxylic acids is 1. The highest BCUT2D eigenvalue weighted by atomic mass is 19.1. The molecule has 0 fully saturated rings. The molecule has 2 aromatic heterocycles. The Labute approximate surface area is 217 Å². The average Bonchev–Trinajstić information content (AvgIpc) is 3.53. The Morgan fingerprint density at radius 3 is 2.65 bits per heavy atom. The molecule has 2 heterocycles. The standard InChI is InChI=1S/C28H25F2N3O4/c1-4-28(36,14-37-3)26-22(16-5-7-17(8-6-16)27(34)35)23-21(12-18-13-31-32-25(18)24(23)30)33(26)19-9-10-20(29)15(2)11-19/h5-13,36H,4,14H2,1-3H3,(H,31,32)(H,34,35)/i1D3,4D2. The Morgan fingerprint density at radius 2 is 2.00 bits per heavy atom. The second-order valence-electron chi connectivity index (χ2n) is 8.71. The number of methoxy groups -OCH3 is 1. The number of rotatable bonds is 7. The van der Waals surface area contributed by atoms with Crippen molar-refractivity contribution in [2.45, 2.75) is 25.7 Å². The lowest BCUT2D eigenvalue weighted by Gasteiger charge is -2.30. The Kier molecular flexibility index (Phi) is 4.69. The highest BCUT2D eigenvalue weighted by molar-refractivity contribution is 6.06. The molecule has 0 aliphatic heterocycles. The zero-order valence-electron chi connectivity index (χ0n) is 24.8. The molecule has 9 heteroatoms. The predicted octanol–water partition coefficient (Wildman–Crippen LogP) is 5.70. The maximum atomic E-state index is 16.5. The first-order valence-corrected chi connectivity index (χ1v) is 11.2. The van der Waals surface area contributed by atoms with Crippen LogP contribution in [0.2, 0.25) is 0 Å². The number of halogens is 2. The zero-order chi connectivity index (χ0) is 30.8. The molecule has 0 aliphatic rings. The molecule has 0 radical (unpaired) electrons. The molecule has 7 nitrogen and oxygen atoms in total. The minimum Gasteiger partial charge on any atom is -0.478 e. The van der Waals surface area contributed by atoms with Crippen molar-refractivity contribution in [1.29, 1.82) is 0 Å². The van der Waals surface area contributed by atoms with Crippen LogP contribution in [0.25, 0.3) is 38.6 Å². The van der Waals surface area contributed by atoms with Crippen molar-refractivity contribution in [3.63, 3.8) is 0 Å². The number of aliphatic hydroxyl groups is 1. The number of aromatic amines is 1. The summed E-state index contributed by atoms with van der Waals surface area (Å²) < 4.78 is 78.8. The lowest BCUT2D eigenvalue weighted by atomic mass is 9.89. The minimum absolute atomic E-state index is 0.0148. The maximum absolute atomic E-state index is 16.5. The molecule has 0 spiro atoms. The summed E-state index contributed by atoms with van der Waals surface area (Å²) in [7, 11) is 1.15. The summed E-state index contributed by atoms with van der Waals surface area (Å²) in [6, 6.07) is 10.6. The molecule has 3 N–H and O–H groups in total. The minimum atomic E-state index is -3.40. The molecule has 0 saturated carbocycles. The highest BCUT2D eigenvalue weighted by Crippen LogP contribution is 2.46. The van der Waals surface area contributed by atoms with Gasteiger partial charge in [0.1, 0.15) is 16.9 Å². The number of aromatic carboxylic acids is 1. The van der Waals surface area contributed by atoms with Gasteiger partial charge < -0.3 is 19.5 Å². The molecule has 3 aromatic carbocycles. The van der Waals surface area contributed by atoms with Gasteiger partial charge in [-0.1, -0.05) is 19.0 Å². The molecule has 0 saturated heterocycles. The third-order valence-corrected chi connectivity index (χ3v) is 6.38. The molecule has 0 amide bonds. The highest BCUT2D eigenvalue weighted by Gasteiger charge is 2.38. The van der Waals surface area contributed by atoms with Gasteiger partial charge in [0.15, 0.2) is 5.82 Å². The van der Waals surface area contributed by atoms with E-state index >= 15 is 4.39 Å². The Bertz CT molecular complexity index is 1850. The fraction of sp³-hybridized carbons (Fsp3) is 0.214. The van der Waals surface area contributed by atoms with E-state index in [-0.39, 0.29) is 44.4 Å². The van der Waals surface area contributed by atoms with E-state index in [9.17, 15) is 19.4 Å². The van der Waals surface area contributed by atoms with Gasteiger partial charge in [0.25, 0.3) is 0 Å². The van der Waals surface area contributed by atoms with Crippen molar-refractivity contribution in [1.82, 2.24) is 14.8 Å². The van der Waals surface area contributed by atoms with E-state index in [0.29, 0.717) is 5.39 Å². The summed E-state index contributed by atoms with van der Waals surface area (Å²) >= 11 is 0. The van der Waals surface area contributed by atoms with Gasteiger partial charge in [-0.3, -0.25) is 5.10 Å². The lowest BCUT2D eigenvalue weighted by molar-refractivity contribution is -0.0422. The second kappa shape index (κ2) is 9.10. The van der Waals surface area contributed by atoms with E-state index in [1.165, 1.54) is 60.2 Å². The van der Waals surface area contributed by atoms with Crippen LogP contribution in [-0.2, 0) is 10.3 Å². The lowest BCUT2D eigenvalue weighted by Crippen LogP contribution is -2.33. The Morgan fingerprint density at radius 1 is 1.24 bits per heavy atom. The molecule has 0 aliphatic carbocycles.